The van der Waals surface area contributed by atoms with Crippen LogP contribution in [0.5, 0.6) is 11.6 Å². The molecule has 0 bridgehead atoms. The van der Waals surface area contributed by atoms with E-state index >= 15 is 0 Å². The summed E-state index contributed by atoms with van der Waals surface area (Å²) in [4.78, 5) is 8.27. The van der Waals surface area contributed by atoms with Crippen molar-refractivity contribution in [1.82, 2.24) is 9.97 Å². The van der Waals surface area contributed by atoms with Crippen molar-refractivity contribution in [3.8, 4) is 11.6 Å². The molecule has 112 valence electrons. The molecule has 0 amide bonds. The van der Waals surface area contributed by atoms with E-state index < -0.39 is 0 Å². The van der Waals surface area contributed by atoms with Gasteiger partial charge in [-0.3, -0.25) is 5.43 Å². The van der Waals surface area contributed by atoms with E-state index in [0.717, 1.165) is 16.9 Å². The Morgan fingerprint density at radius 2 is 1.86 bits per heavy atom. The molecule has 21 heavy (non-hydrogen) atoms. The maximum atomic E-state index is 5.90. The van der Waals surface area contributed by atoms with Gasteiger partial charge >= 0.3 is 0 Å². The summed E-state index contributed by atoms with van der Waals surface area (Å²) in [6, 6.07) is 6.21. The number of nitrogens with two attached hydrogens (primary N) is 1. The van der Waals surface area contributed by atoms with Gasteiger partial charge in [-0.2, -0.15) is 4.98 Å². The van der Waals surface area contributed by atoms with Gasteiger partial charge in [0.25, 0.3) is 0 Å². The Hall–Kier alpha value is -2.14. The molecule has 5 heteroatoms. The molecule has 5 nitrogen and oxygen atoms in total. The Bertz CT molecular complexity index is 647. The van der Waals surface area contributed by atoms with Crippen LogP contribution >= 0.6 is 0 Å². The molecular weight excluding hydrogens is 264 g/mol. The molecule has 3 N–H and O–H groups in total. The Morgan fingerprint density at radius 3 is 2.43 bits per heavy atom. The van der Waals surface area contributed by atoms with Crippen LogP contribution in [0.4, 0.5) is 5.95 Å². The Balaban J connectivity index is 2.32. The van der Waals surface area contributed by atoms with Gasteiger partial charge in [-0.05, 0) is 36.5 Å². The predicted octanol–water partition coefficient (Wildman–Crippen LogP) is 3.47. The first-order valence-electron chi connectivity index (χ1n) is 6.90. The normalized spacial score (nSPS) is 11.3. The van der Waals surface area contributed by atoms with Crippen LogP contribution in [0.2, 0.25) is 0 Å². The minimum Gasteiger partial charge on any atom is -0.438 e. The van der Waals surface area contributed by atoms with Crippen molar-refractivity contribution in [2.75, 3.05) is 5.43 Å². The first kappa shape index (κ1) is 15.3. The van der Waals surface area contributed by atoms with Crippen LogP contribution in [-0.2, 0) is 5.41 Å². The summed E-state index contributed by atoms with van der Waals surface area (Å²) < 4.78 is 5.90. The fourth-order valence-electron chi connectivity index (χ4n) is 1.93. The number of rotatable bonds is 3. The first-order valence-corrected chi connectivity index (χ1v) is 6.90. The lowest BCUT2D eigenvalue weighted by Crippen LogP contribution is -2.12. The van der Waals surface area contributed by atoms with Crippen molar-refractivity contribution in [2.24, 2.45) is 5.84 Å². The number of hydrazine groups is 1. The summed E-state index contributed by atoms with van der Waals surface area (Å²) in [6.07, 6.45) is 1.68. The highest BCUT2D eigenvalue weighted by atomic mass is 16.5. The molecule has 1 aromatic heterocycles. The fraction of sp³-hybridized carbons (Fsp3) is 0.375. The number of nitrogens with zero attached hydrogens (tertiary/aromatic N) is 2. The zero-order valence-corrected chi connectivity index (χ0v) is 13.2. The summed E-state index contributed by atoms with van der Waals surface area (Å²) in [5.41, 5.74) is 5.74. The number of anilines is 1. The van der Waals surface area contributed by atoms with Gasteiger partial charge < -0.3 is 4.74 Å². The number of hydrogen-bond donors (Lipinski definition) is 2. The predicted molar refractivity (Wildman–Crippen MR) is 84.5 cm³/mol. The maximum Gasteiger partial charge on any atom is 0.240 e. The van der Waals surface area contributed by atoms with Crippen LogP contribution in [0.25, 0.3) is 0 Å². The van der Waals surface area contributed by atoms with E-state index in [4.69, 9.17) is 10.6 Å². The van der Waals surface area contributed by atoms with E-state index in [-0.39, 0.29) is 5.41 Å². The lowest BCUT2D eigenvalue weighted by atomic mass is 9.86. The molecule has 2 aromatic rings. The highest BCUT2D eigenvalue weighted by Crippen LogP contribution is 2.30. The third-order valence-corrected chi connectivity index (χ3v) is 3.30. The quantitative estimate of drug-likeness (QED) is 0.667. The summed E-state index contributed by atoms with van der Waals surface area (Å²) in [5.74, 6) is 6.95. The third kappa shape index (κ3) is 3.49. The van der Waals surface area contributed by atoms with Gasteiger partial charge in [0.1, 0.15) is 5.75 Å². The SMILES string of the molecule is Cc1cc(C(C)(C)C)ccc1Oc1nc(NN)ncc1C. The van der Waals surface area contributed by atoms with Crippen molar-refractivity contribution >= 4 is 5.95 Å². The average molecular weight is 286 g/mol. The van der Waals surface area contributed by atoms with Gasteiger partial charge in [0, 0.05) is 11.8 Å². The second-order valence-corrected chi connectivity index (χ2v) is 6.16. The van der Waals surface area contributed by atoms with Crippen LogP contribution < -0.4 is 16.0 Å². The van der Waals surface area contributed by atoms with Crippen LogP contribution in [0.1, 0.15) is 37.5 Å². The second-order valence-electron chi connectivity index (χ2n) is 6.16. The van der Waals surface area contributed by atoms with Gasteiger partial charge in [-0.1, -0.05) is 32.9 Å². The van der Waals surface area contributed by atoms with E-state index in [0.29, 0.717) is 11.8 Å². The lowest BCUT2D eigenvalue weighted by Gasteiger charge is -2.20. The van der Waals surface area contributed by atoms with E-state index in [1.807, 2.05) is 19.9 Å². The number of aromatic nitrogens is 2. The number of hydrogen-bond acceptors (Lipinski definition) is 5. The zero-order valence-electron chi connectivity index (χ0n) is 13.2. The molecule has 0 unspecified atom stereocenters. The van der Waals surface area contributed by atoms with E-state index in [1.54, 1.807) is 6.20 Å². The molecule has 0 fully saturated rings. The van der Waals surface area contributed by atoms with Crippen LogP contribution in [-0.4, -0.2) is 9.97 Å². The van der Waals surface area contributed by atoms with E-state index in [2.05, 4.69) is 48.3 Å². The molecule has 0 aliphatic heterocycles. The first-order chi connectivity index (χ1) is 9.81. The summed E-state index contributed by atoms with van der Waals surface area (Å²) >= 11 is 0. The Kier molecular flexibility index (Phi) is 4.14. The molecule has 0 aliphatic carbocycles. The highest BCUT2D eigenvalue weighted by Gasteiger charge is 2.15. The minimum atomic E-state index is 0.116. The van der Waals surface area contributed by atoms with Gasteiger partial charge in [-0.15, -0.1) is 0 Å². The number of ether oxygens (including phenoxy) is 1. The smallest absolute Gasteiger partial charge is 0.240 e. The van der Waals surface area contributed by atoms with Crippen LogP contribution in [0.15, 0.2) is 24.4 Å². The van der Waals surface area contributed by atoms with Crippen LogP contribution in [0.3, 0.4) is 0 Å². The molecule has 1 heterocycles. The fourth-order valence-corrected chi connectivity index (χ4v) is 1.93. The standard InChI is InChI=1S/C16H22N4O/c1-10-8-12(16(3,4)5)6-7-13(10)21-14-11(2)9-18-15(19-14)20-17/h6-9H,17H2,1-5H3,(H,18,19,20). The molecule has 0 saturated carbocycles. The summed E-state index contributed by atoms with van der Waals surface area (Å²) in [5, 5.41) is 0. The average Bonchev–Trinajstić information content (AvgIpc) is 2.42. The summed E-state index contributed by atoms with van der Waals surface area (Å²) in [6.45, 7) is 10.5. The van der Waals surface area contributed by atoms with Gasteiger partial charge in [0.15, 0.2) is 0 Å². The summed E-state index contributed by atoms with van der Waals surface area (Å²) in [7, 11) is 0. The number of benzene rings is 1. The van der Waals surface area contributed by atoms with Gasteiger partial charge in [-0.25, -0.2) is 10.8 Å². The maximum absolute atomic E-state index is 5.90. The second kappa shape index (κ2) is 5.69. The Morgan fingerprint density at radius 1 is 1.14 bits per heavy atom. The lowest BCUT2D eigenvalue weighted by molar-refractivity contribution is 0.454. The molecule has 0 atom stereocenters. The molecule has 0 saturated heterocycles. The Labute approximate surface area is 125 Å². The molecule has 0 radical (unpaired) electrons. The zero-order chi connectivity index (χ0) is 15.6. The topological polar surface area (TPSA) is 73.1 Å². The number of aryl methyl sites for hydroxylation is 2. The monoisotopic (exact) mass is 286 g/mol. The van der Waals surface area contributed by atoms with Gasteiger partial charge in [0.2, 0.25) is 11.8 Å². The van der Waals surface area contributed by atoms with E-state index in [1.165, 1.54) is 5.56 Å². The largest absolute Gasteiger partial charge is 0.438 e. The van der Waals surface area contributed by atoms with Crippen molar-refractivity contribution in [1.29, 1.82) is 0 Å². The van der Waals surface area contributed by atoms with Crippen LogP contribution in [0, 0.1) is 13.8 Å². The molecule has 0 aliphatic rings. The highest BCUT2D eigenvalue weighted by molar-refractivity contribution is 5.42. The third-order valence-electron chi connectivity index (χ3n) is 3.30. The number of nitrogens with one attached hydrogen (secondary N) is 1. The molecule has 0 spiro atoms. The van der Waals surface area contributed by atoms with Crippen molar-refractivity contribution in [2.45, 2.75) is 40.0 Å². The van der Waals surface area contributed by atoms with Crippen molar-refractivity contribution in [3.63, 3.8) is 0 Å². The minimum absolute atomic E-state index is 0.116. The van der Waals surface area contributed by atoms with Crippen molar-refractivity contribution < 1.29 is 4.74 Å². The molecular formula is C16H22N4O. The van der Waals surface area contributed by atoms with Gasteiger partial charge in [0.05, 0.1) is 0 Å². The number of nitrogen functional groups attached to an aromatic ring is 1. The van der Waals surface area contributed by atoms with E-state index in [9.17, 15) is 0 Å². The van der Waals surface area contributed by atoms with Crippen molar-refractivity contribution in [3.05, 3.63) is 41.1 Å². The molecule has 1 aromatic carbocycles. The molecule has 2 rings (SSSR count).